The van der Waals surface area contributed by atoms with Crippen molar-refractivity contribution in [3.05, 3.63) is 35.4 Å². The van der Waals surface area contributed by atoms with Gasteiger partial charge in [-0.15, -0.1) is 0 Å². The minimum Gasteiger partial charge on any atom is -0.345 e. The zero-order chi connectivity index (χ0) is 16.5. The number of nitrogens with two attached hydrogens (primary N) is 2. The van der Waals surface area contributed by atoms with Crippen molar-refractivity contribution >= 4 is 12.2 Å². The highest BCUT2D eigenvalue weighted by molar-refractivity contribution is 5.84. The topological polar surface area (TPSA) is 98.2 Å². The Hall–Kier alpha value is -1.86. The van der Waals surface area contributed by atoms with E-state index in [2.05, 4.69) is 5.32 Å². The number of aldehydes is 1. The fourth-order valence-corrected chi connectivity index (χ4v) is 1.98. The minimum atomic E-state index is -0.994. The predicted octanol–water partition coefficient (Wildman–Crippen LogP) is 0.647. The standard InChI is InChI=1S/C15H21F2N3O2/c16-12-5-4-10(8-13(12)17)7-11(9-21)20-15(22)14(19)3-1-2-6-18/h4-5,8-9,11,14H,1-3,6-7,18-19H2,(H,20,22)/t11-,14-/m0/s1. The number of unbranched alkanes of at least 4 members (excludes halogenated alkanes) is 1. The predicted molar refractivity (Wildman–Crippen MR) is 78.9 cm³/mol. The molecule has 0 aliphatic rings. The van der Waals surface area contributed by atoms with Gasteiger partial charge < -0.3 is 21.6 Å². The minimum absolute atomic E-state index is 0.0714. The maximum atomic E-state index is 13.1. The molecule has 5 N–H and O–H groups in total. The van der Waals surface area contributed by atoms with Crippen LogP contribution in [0.25, 0.3) is 0 Å². The fourth-order valence-electron chi connectivity index (χ4n) is 1.98. The molecule has 1 amide bonds. The number of nitrogens with one attached hydrogen (secondary N) is 1. The van der Waals surface area contributed by atoms with Gasteiger partial charge in [0, 0.05) is 0 Å². The van der Waals surface area contributed by atoms with E-state index in [0.717, 1.165) is 25.0 Å². The highest BCUT2D eigenvalue weighted by atomic mass is 19.2. The number of halogens is 2. The maximum Gasteiger partial charge on any atom is 0.237 e. The first-order valence-corrected chi connectivity index (χ1v) is 7.13. The first-order valence-electron chi connectivity index (χ1n) is 7.13. The van der Waals surface area contributed by atoms with Gasteiger partial charge in [-0.25, -0.2) is 8.78 Å². The lowest BCUT2D eigenvalue weighted by atomic mass is 10.1. The molecule has 1 aromatic carbocycles. The van der Waals surface area contributed by atoms with Crippen molar-refractivity contribution in [3.8, 4) is 0 Å². The van der Waals surface area contributed by atoms with Crippen LogP contribution in [-0.2, 0) is 16.0 Å². The molecule has 0 saturated carbocycles. The lowest BCUT2D eigenvalue weighted by Gasteiger charge is -2.17. The number of hydrogen-bond acceptors (Lipinski definition) is 4. The molecule has 1 aromatic rings. The van der Waals surface area contributed by atoms with Gasteiger partial charge in [0.2, 0.25) is 5.91 Å². The van der Waals surface area contributed by atoms with E-state index >= 15 is 0 Å². The lowest BCUT2D eigenvalue weighted by Crippen LogP contribution is -2.46. The van der Waals surface area contributed by atoms with Gasteiger partial charge in [-0.1, -0.05) is 12.5 Å². The van der Waals surface area contributed by atoms with Crippen LogP contribution in [0.2, 0.25) is 0 Å². The highest BCUT2D eigenvalue weighted by Crippen LogP contribution is 2.10. The third-order valence-corrected chi connectivity index (χ3v) is 3.24. The van der Waals surface area contributed by atoms with E-state index in [4.69, 9.17) is 11.5 Å². The number of rotatable bonds is 9. The van der Waals surface area contributed by atoms with Gasteiger partial charge in [-0.2, -0.15) is 0 Å². The van der Waals surface area contributed by atoms with E-state index in [0.29, 0.717) is 24.8 Å². The number of carbonyl (C=O) groups is 2. The van der Waals surface area contributed by atoms with Crippen molar-refractivity contribution in [2.24, 2.45) is 11.5 Å². The van der Waals surface area contributed by atoms with Crippen molar-refractivity contribution < 1.29 is 18.4 Å². The molecule has 7 heteroatoms. The molecule has 22 heavy (non-hydrogen) atoms. The van der Waals surface area contributed by atoms with E-state index in [-0.39, 0.29) is 6.42 Å². The van der Waals surface area contributed by atoms with Crippen LogP contribution in [0.5, 0.6) is 0 Å². The summed E-state index contributed by atoms with van der Waals surface area (Å²) < 4.78 is 26.0. The Labute approximate surface area is 128 Å². The van der Waals surface area contributed by atoms with Crippen LogP contribution in [0, 0.1) is 11.6 Å². The van der Waals surface area contributed by atoms with Crippen molar-refractivity contribution in [2.45, 2.75) is 37.8 Å². The molecule has 0 aliphatic carbocycles. The lowest BCUT2D eigenvalue weighted by molar-refractivity contribution is -0.125. The quantitative estimate of drug-likeness (QED) is 0.460. The monoisotopic (exact) mass is 313 g/mol. The molecule has 0 saturated heterocycles. The van der Waals surface area contributed by atoms with Crippen LogP contribution in [0.15, 0.2) is 18.2 Å². The Morgan fingerprint density at radius 3 is 2.59 bits per heavy atom. The molecule has 1 rings (SSSR count). The van der Waals surface area contributed by atoms with Crippen molar-refractivity contribution in [3.63, 3.8) is 0 Å². The smallest absolute Gasteiger partial charge is 0.237 e. The van der Waals surface area contributed by atoms with Gasteiger partial charge in [0.05, 0.1) is 12.1 Å². The second-order valence-electron chi connectivity index (χ2n) is 5.09. The Bertz CT molecular complexity index is 512. The van der Waals surface area contributed by atoms with Crippen molar-refractivity contribution in [2.75, 3.05) is 6.54 Å². The molecular weight excluding hydrogens is 292 g/mol. The van der Waals surface area contributed by atoms with Crippen molar-refractivity contribution in [1.29, 1.82) is 0 Å². The third-order valence-electron chi connectivity index (χ3n) is 3.24. The molecular formula is C15H21F2N3O2. The largest absolute Gasteiger partial charge is 0.345 e. The Morgan fingerprint density at radius 2 is 2.00 bits per heavy atom. The van der Waals surface area contributed by atoms with Crippen LogP contribution in [0.4, 0.5) is 8.78 Å². The second kappa shape index (κ2) is 9.22. The van der Waals surface area contributed by atoms with E-state index < -0.39 is 29.6 Å². The Kier molecular flexibility index (Phi) is 7.62. The van der Waals surface area contributed by atoms with Crippen LogP contribution >= 0.6 is 0 Å². The zero-order valence-corrected chi connectivity index (χ0v) is 12.2. The summed E-state index contributed by atoms with van der Waals surface area (Å²) in [6.45, 7) is 0.529. The van der Waals surface area contributed by atoms with Crippen molar-refractivity contribution in [1.82, 2.24) is 5.32 Å². The number of benzene rings is 1. The number of amides is 1. The number of carbonyl (C=O) groups excluding carboxylic acids is 2. The van der Waals surface area contributed by atoms with Crippen LogP contribution < -0.4 is 16.8 Å². The van der Waals surface area contributed by atoms with Crippen LogP contribution in [0.3, 0.4) is 0 Å². The second-order valence-corrected chi connectivity index (χ2v) is 5.09. The van der Waals surface area contributed by atoms with Gasteiger partial charge in [0.25, 0.3) is 0 Å². The molecule has 2 atom stereocenters. The molecule has 0 radical (unpaired) electrons. The molecule has 5 nitrogen and oxygen atoms in total. The summed E-state index contributed by atoms with van der Waals surface area (Å²) >= 11 is 0. The fraction of sp³-hybridized carbons (Fsp3) is 0.467. The summed E-state index contributed by atoms with van der Waals surface area (Å²) in [5, 5.41) is 2.50. The Morgan fingerprint density at radius 1 is 1.27 bits per heavy atom. The van der Waals surface area contributed by atoms with Gasteiger partial charge in [-0.3, -0.25) is 4.79 Å². The first kappa shape index (κ1) is 18.2. The van der Waals surface area contributed by atoms with E-state index in [1.54, 1.807) is 0 Å². The summed E-state index contributed by atoms with van der Waals surface area (Å²) in [5.74, 6) is -2.40. The molecule has 0 aliphatic heterocycles. The van der Waals surface area contributed by atoms with E-state index in [1.807, 2.05) is 0 Å². The first-order chi connectivity index (χ1) is 10.5. The third kappa shape index (κ3) is 5.87. The summed E-state index contributed by atoms with van der Waals surface area (Å²) in [7, 11) is 0. The van der Waals surface area contributed by atoms with Gasteiger partial charge in [0.15, 0.2) is 11.6 Å². The SMILES string of the molecule is NCCCC[C@H](N)C(=O)N[C@H](C=O)Cc1ccc(F)c(F)c1. The average Bonchev–Trinajstić information content (AvgIpc) is 2.50. The molecule has 0 fully saturated rings. The van der Waals surface area contributed by atoms with Gasteiger partial charge in [0.1, 0.15) is 6.29 Å². The Balaban J connectivity index is 2.55. The molecule has 0 bridgehead atoms. The van der Waals surface area contributed by atoms with E-state index in [1.165, 1.54) is 6.07 Å². The highest BCUT2D eigenvalue weighted by Gasteiger charge is 2.18. The van der Waals surface area contributed by atoms with E-state index in [9.17, 15) is 18.4 Å². The summed E-state index contributed by atoms with van der Waals surface area (Å²) in [5.41, 5.74) is 11.5. The molecule has 0 unspecified atom stereocenters. The maximum absolute atomic E-state index is 13.1. The molecule has 0 spiro atoms. The van der Waals surface area contributed by atoms with Crippen LogP contribution in [-0.4, -0.2) is 30.8 Å². The molecule has 0 heterocycles. The van der Waals surface area contributed by atoms with Crippen LogP contribution in [0.1, 0.15) is 24.8 Å². The number of hydrogen-bond donors (Lipinski definition) is 3. The summed E-state index contributed by atoms with van der Waals surface area (Å²) in [4.78, 5) is 22.9. The average molecular weight is 313 g/mol. The zero-order valence-electron chi connectivity index (χ0n) is 12.2. The summed E-state index contributed by atoms with van der Waals surface area (Å²) in [6.07, 6.45) is 2.58. The van der Waals surface area contributed by atoms with Gasteiger partial charge in [-0.05, 0) is 43.5 Å². The summed E-state index contributed by atoms with van der Waals surface area (Å²) in [6, 6.07) is 1.78. The molecule has 0 aromatic heterocycles. The van der Waals surface area contributed by atoms with Gasteiger partial charge >= 0.3 is 0 Å². The molecule has 122 valence electrons. The normalized spacial score (nSPS) is 13.5.